The van der Waals surface area contributed by atoms with Crippen molar-refractivity contribution in [3.05, 3.63) is 48.0 Å². The summed E-state index contributed by atoms with van der Waals surface area (Å²) in [4.78, 5) is 2.16. The number of ether oxygens (including phenoxy) is 2. The van der Waals surface area contributed by atoms with E-state index in [9.17, 15) is 0 Å². The van der Waals surface area contributed by atoms with Gasteiger partial charge >= 0.3 is 0 Å². The number of nitrogens with zero attached hydrogens (tertiary/aromatic N) is 1. The minimum Gasteiger partial charge on any atom is -0.497 e. The lowest BCUT2D eigenvalue weighted by Gasteiger charge is -2.26. The molecule has 1 heterocycles. The van der Waals surface area contributed by atoms with Gasteiger partial charge in [-0.2, -0.15) is 0 Å². The fourth-order valence-electron chi connectivity index (χ4n) is 2.95. The molecule has 0 saturated carbocycles. The van der Waals surface area contributed by atoms with E-state index in [1.165, 1.54) is 11.3 Å². The Kier molecular flexibility index (Phi) is 4.39. The molecule has 1 atom stereocenters. The molecule has 4 nitrogen and oxygen atoms in total. The van der Waals surface area contributed by atoms with E-state index in [4.69, 9.17) is 21.7 Å². The third kappa shape index (κ3) is 2.97. The lowest BCUT2D eigenvalue weighted by molar-refractivity contribution is 0.395. The number of nitrogens with one attached hydrogen (secondary N) is 1. The SMILES string of the molecule is COc1ccc(NC(=S)N2c3ccccc3CC2C)c(OC)c1. The Bertz CT molecular complexity index is 733. The molecule has 0 spiro atoms. The summed E-state index contributed by atoms with van der Waals surface area (Å²) in [6, 6.07) is 14.3. The summed E-state index contributed by atoms with van der Waals surface area (Å²) < 4.78 is 10.7. The maximum Gasteiger partial charge on any atom is 0.178 e. The second-order valence-electron chi connectivity index (χ2n) is 5.55. The fraction of sp³-hybridized carbons (Fsp3) is 0.278. The molecule has 1 aliphatic heterocycles. The smallest absolute Gasteiger partial charge is 0.178 e. The van der Waals surface area contributed by atoms with Crippen molar-refractivity contribution in [3.63, 3.8) is 0 Å². The van der Waals surface area contributed by atoms with Crippen LogP contribution < -0.4 is 19.7 Å². The molecule has 0 amide bonds. The first-order valence-electron chi connectivity index (χ1n) is 7.54. The standard InChI is InChI=1S/C18H20N2O2S/c1-12-10-13-6-4-5-7-16(13)20(12)18(23)19-15-9-8-14(21-2)11-17(15)22-3/h4-9,11-12H,10H2,1-3H3,(H,19,23). The monoisotopic (exact) mass is 328 g/mol. The molecule has 0 bridgehead atoms. The second-order valence-corrected chi connectivity index (χ2v) is 5.93. The third-order valence-corrected chi connectivity index (χ3v) is 4.38. The van der Waals surface area contributed by atoms with Gasteiger partial charge in [0.05, 0.1) is 19.9 Å². The molecule has 120 valence electrons. The van der Waals surface area contributed by atoms with E-state index >= 15 is 0 Å². The Morgan fingerprint density at radius 2 is 1.96 bits per heavy atom. The van der Waals surface area contributed by atoms with Crippen molar-refractivity contribution in [1.82, 2.24) is 0 Å². The van der Waals surface area contributed by atoms with Gasteiger partial charge in [-0.05, 0) is 49.3 Å². The molecule has 0 fully saturated rings. The Morgan fingerprint density at radius 3 is 2.70 bits per heavy atom. The van der Waals surface area contributed by atoms with Crippen LogP contribution in [0.15, 0.2) is 42.5 Å². The van der Waals surface area contributed by atoms with E-state index in [2.05, 4.69) is 35.3 Å². The van der Waals surface area contributed by atoms with Gasteiger partial charge in [-0.1, -0.05) is 18.2 Å². The second kappa shape index (κ2) is 6.46. The Morgan fingerprint density at radius 1 is 1.17 bits per heavy atom. The number of hydrogen-bond acceptors (Lipinski definition) is 3. The molecular formula is C18H20N2O2S. The summed E-state index contributed by atoms with van der Waals surface area (Å²) in [6.07, 6.45) is 0.998. The highest BCUT2D eigenvalue weighted by atomic mass is 32.1. The topological polar surface area (TPSA) is 33.7 Å². The van der Waals surface area contributed by atoms with Crippen LogP contribution >= 0.6 is 12.2 Å². The first-order chi connectivity index (χ1) is 11.1. The number of rotatable bonds is 3. The lowest BCUT2D eigenvalue weighted by Crippen LogP contribution is -2.38. The van der Waals surface area contributed by atoms with E-state index in [0.717, 1.165) is 17.9 Å². The van der Waals surface area contributed by atoms with Crippen molar-refractivity contribution in [3.8, 4) is 11.5 Å². The number of thiocarbonyl (C=S) groups is 1. The summed E-state index contributed by atoms with van der Waals surface area (Å²) in [5, 5.41) is 3.97. The molecule has 1 aliphatic rings. The molecule has 0 saturated heterocycles. The zero-order valence-corrected chi connectivity index (χ0v) is 14.3. The predicted molar refractivity (Wildman–Crippen MR) is 97.9 cm³/mol. The van der Waals surface area contributed by atoms with E-state index in [-0.39, 0.29) is 0 Å². The minimum absolute atomic E-state index is 0.330. The molecule has 2 aromatic carbocycles. The van der Waals surface area contributed by atoms with Gasteiger partial charge in [0.2, 0.25) is 0 Å². The molecule has 3 rings (SSSR count). The lowest BCUT2D eigenvalue weighted by atomic mass is 10.1. The average molecular weight is 328 g/mol. The summed E-state index contributed by atoms with van der Waals surface area (Å²) in [6.45, 7) is 2.18. The molecule has 2 aromatic rings. The number of para-hydroxylation sites is 1. The summed E-state index contributed by atoms with van der Waals surface area (Å²) in [5.41, 5.74) is 3.32. The highest BCUT2D eigenvalue weighted by Gasteiger charge is 2.28. The zero-order valence-electron chi connectivity index (χ0n) is 13.5. The highest BCUT2D eigenvalue weighted by molar-refractivity contribution is 7.80. The van der Waals surface area contributed by atoms with Crippen LogP contribution in [0.2, 0.25) is 0 Å². The van der Waals surface area contributed by atoms with Gasteiger partial charge in [0.15, 0.2) is 5.11 Å². The first-order valence-corrected chi connectivity index (χ1v) is 7.95. The van der Waals surface area contributed by atoms with Crippen LogP contribution in [0.1, 0.15) is 12.5 Å². The molecule has 23 heavy (non-hydrogen) atoms. The van der Waals surface area contributed by atoms with E-state index in [1.807, 2.05) is 24.3 Å². The van der Waals surface area contributed by atoms with Crippen LogP contribution in [0.3, 0.4) is 0 Å². The highest BCUT2D eigenvalue weighted by Crippen LogP contribution is 2.34. The van der Waals surface area contributed by atoms with Gasteiger partial charge in [0.25, 0.3) is 0 Å². The van der Waals surface area contributed by atoms with Crippen molar-refractivity contribution >= 4 is 28.7 Å². The number of anilines is 2. The number of benzene rings is 2. The number of hydrogen-bond donors (Lipinski definition) is 1. The Balaban J connectivity index is 1.85. The third-order valence-electron chi connectivity index (χ3n) is 4.08. The van der Waals surface area contributed by atoms with E-state index in [0.29, 0.717) is 16.9 Å². The molecule has 1 unspecified atom stereocenters. The zero-order chi connectivity index (χ0) is 16.4. The molecule has 0 aromatic heterocycles. The summed E-state index contributed by atoms with van der Waals surface area (Å²) >= 11 is 5.65. The number of methoxy groups -OCH3 is 2. The Hall–Kier alpha value is -2.27. The van der Waals surface area contributed by atoms with Crippen molar-refractivity contribution in [2.45, 2.75) is 19.4 Å². The summed E-state index contributed by atoms with van der Waals surface area (Å²) in [5.74, 6) is 1.45. The molecule has 1 N–H and O–H groups in total. The molecular weight excluding hydrogens is 308 g/mol. The fourth-order valence-corrected chi connectivity index (χ4v) is 3.34. The Labute approximate surface area is 142 Å². The van der Waals surface area contributed by atoms with Gasteiger partial charge < -0.3 is 19.7 Å². The minimum atomic E-state index is 0.330. The maximum absolute atomic E-state index is 5.65. The van der Waals surface area contributed by atoms with Crippen molar-refractivity contribution < 1.29 is 9.47 Å². The van der Waals surface area contributed by atoms with Gasteiger partial charge in [-0.15, -0.1) is 0 Å². The van der Waals surface area contributed by atoms with Crippen molar-refractivity contribution in [1.29, 1.82) is 0 Å². The van der Waals surface area contributed by atoms with Gasteiger partial charge in [-0.3, -0.25) is 0 Å². The van der Waals surface area contributed by atoms with Crippen LogP contribution in [-0.2, 0) is 6.42 Å². The predicted octanol–water partition coefficient (Wildman–Crippen LogP) is 3.85. The van der Waals surface area contributed by atoms with Gasteiger partial charge in [0, 0.05) is 17.8 Å². The largest absolute Gasteiger partial charge is 0.497 e. The van der Waals surface area contributed by atoms with E-state index in [1.54, 1.807) is 14.2 Å². The first kappa shape index (κ1) is 15.6. The quantitative estimate of drug-likeness (QED) is 0.866. The molecule has 0 aliphatic carbocycles. The molecule has 0 radical (unpaired) electrons. The van der Waals surface area contributed by atoms with E-state index < -0.39 is 0 Å². The van der Waals surface area contributed by atoms with Crippen LogP contribution in [-0.4, -0.2) is 25.4 Å². The molecule has 5 heteroatoms. The average Bonchev–Trinajstić information content (AvgIpc) is 2.90. The normalized spacial score (nSPS) is 16.0. The van der Waals surface area contributed by atoms with Gasteiger partial charge in [0.1, 0.15) is 11.5 Å². The summed E-state index contributed by atoms with van der Waals surface area (Å²) in [7, 11) is 3.27. The van der Waals surface area contributed by atoms with Crippen molar-refractivity contribution in [2.24, 2.45) is 0 Å². The van der Waals surface area contributed by atoms with Crippen LogP contribution in [0, 0.1) is 0 Å². The van der Waals surface area contributed by atoms with Crippen LogP contribution in [0.5, 0.6) is 11.5 Å². The van der Waals surface area contributed by atoms with Crippen LogP contribution in [0.4, 0.5) is 11.4 Å². The van der Waals surface area contributed by atoms with Crippen molar-refractivity contribution in [2.75, 3.05) is 24.4 Å². The van der Waals surface area contributed by atoms with Crippen LogP contribution in [0.25, 0.3) is 0 Å². The maximum atomic E-state index is 5.65. The number of fused-ring (bicyclic) bond motifs is 1. The van der Waals surface area contributed by atoms with Gasteiger partial charge in [-0.25, -0.2) is 0 Å².